The van der Waals surface area contributed by atoms with Gasteiger partial charge in [0.1, 0.15) is 29.7 Å². The molecule has 1 fully saturated rings. The van der Waals surface area contributed by atoms with Gasteiger partial charge in [-0.05, 0) is 62.1 Å². The number of carbonyl (C=O) groups excluding carboxylic acids is 1. The summed E-state index contributed by atoms with van der Waals surface area (Å²) in [6.45, 7) is 7.82. The molecule has 2 heterocycles. The minimum Gasteiger partial charge on any atom is -0.497 e. The molecule has 1 saturated heterocycles. The van der Waals surface area contributed by atoms with E-state index < -0.39 is 49.9 Å². The number of nitrogens with zero attached hydrogens (tertiary/aromatic N) is 3. The second kappa shape index (κ2) is 21.5. The molecule has 0 saturated carbocycles. The van der Waals surface area contributed by atoms with Crippen LogP contribution >= 0.6 is 8.53 Å². The highest BCUT2D eigenvalue weighted by atomic mass is 31.2. The van der Waals surface area contributed by atoms with Gasteiger partial charge in [-0.25, -0.2) is 9.46 Å². The molecule has 1 aromatic heterocycles. The molecule has 0 radical (unpaired) electrons. The fraction of sp³-hybridized carbons (Fsp3) is 0.442. The molecule has 1 amide bonds. The van der Waals surface area contributed by atoms with Crippen LogP contribution < -0.4 is 21.3 Å². The van der Waals surface area contributed by atoms with E-state index in [2.05, 4.69) is 21.0 Å². The third-order valence-electron chi connectivity index (χ3n) is 9.89. The summed E-state index contributed by atoms with van der Waals surface area (Å²) in [5.74, 6) is 0.390. The molecule has 6 atom stereocenters. The van der Waals surface area contributed by atoms with Crippen molar-refractivity contribution in [1.82, 2.24) is 19.5 Å². The number of rotatable bonds is 21. The Hall–Kier alpha value is -4.75. The Kier molecular flexibility index (Phi) is 16.5. The Morgan fingerprint density at radius 3 is 2.19 bits per heavy atom. The number of aromatic amines is 1. The number of hydrogen-bond acceptors (Lipinski definition) is 12. The van der Waals surface area contributed by atoms with E-state index in [-0.39, 0.29) is 57.3 Å². The zero-order valence-corrected chi connectivity index (χ0v) is 35.2. The van der Waals surface area contributed by atoms with E-state index in [1.54, 1.807) is 7.11 Å². The fourth-order valence-corrected chi connectivity index (χ4v) is 8.88. The van der Waals surface area contributed by atoms with E-state index in [1.807, 2.05) is 107 Å². The van der Waals surface area contributed by atoms with Crippen molar-refractivity contribution in [3.8, 4) is 11.8 Å². The number of carbonyl (C=O) groups is 1. The summed E-state index contributed by atoms with van der Waals surface area (Å²) in [7, 11) is 1.24. The van der Waals surface area contributed by atoms with Gasteiger partial charge in [0, 0.05) is 37.8 Å². The minimum absolute atomic E-state index is 0.00406. The first kappa shape index (κ1) is 45.3. The molecular weight excluding hydrogens is 777 g/mol. The summed E-state index contributed by atoms with van der Waals surface area (Å²) in [6, 6.07) is 28.0. The van der Waals surface area contributed by atoms with Gasteiger partial charge in [-0.1, -0.05) is 66.7 Å². The standard InChI is InChI=1S/C43H54N5O10P/c1-29(2)48(30(3)4)59(56-25-10-23-44)58-39-36(57-41(40(39)54-26-22-37(50)45-5)47-24-21-38(51)46-42(47)52)28-55-43(32-11-8-7-9-12-32,33-15-13-31(27-49)14-16-33)34-17-19-35(53-6)20-18-34/h7-9,11-21,24,29-30,36,39-41,49H,10,22,25-28H2,1-6H3,(H,45,50)(H,46,51,52)/t36-,39+,40?,41-,43?,59?/m1/s1. The van der Waals surface area contributed by atoms with Gasteiger partial charge in [0.25, 0.3) is 14.1 Å². The van der Waals surface area contributed by atoms with E-state index in [0.29, 0.717) is 11.3 Å². The van der Waals surface area contributed by atoms with Crippen LogP contribution in [0.15, 0.2) is 101 Å². The minimum atomic E-state index is -1.89. The maximum Gasteiger partial charge on any atom is 0.330 e. The summed E-state index contributed by atoms with van der Waals surface area (Å²) >= 11 is 0. The molecule has 0 spiro atoms. The summed E-state index contributed by atoms with van der Waals surface area (Å²) in [5, 5.41) is 22.0. The number of nitriles is 1. The van der Waals surface area contributed by atoms with E-state index in [1.165, 1.54) is 23.9 Å². The smallest absolute Gasteiger partial charge is 0.330 e. The Morgan fingerprint density at radius 2 is 1.61 bits per heavy atom. The van der Waals surface area contributed by atoms with Crippen LogP contribution in [-0.2, 0) is 40.3 Å². The molecule has 16 heteroatoms. The normalized spacial score (nSPS) is 19.4. The number of methoxy groups -OCH3 is 1. The first-order valence-corrected chi connectivity index (χ1v) is 20.7. The number of H-pyrrole nitrogens is 1. The number of nitrogens with one attached hydrogen (secondary N) is 2. The first-order valence-electron chi connectivity index (χ1n) is 19.6. The van der Waals surface area contributed by atoms with E-state index >= 15 is 0 Å². The second-order valence-electron chi connectivity index (χ2n) is 14.4. The maximum atomic E-state index is 13.4. The quantitative estimate of drug-likeness (QED) is 0.0572. The topological polar surface area (TPSA) is 187 Å². The van der Waals surface area contributed by atoms with Crippen molar-refractivity contribution in [3.63, 3.8) is 0 Å². The van der Waals surface area contributed by atoms with Crippen molar-refractivity contribution in [2.24, 2.45) is 0 Å². The van der Waals surface area contributed by atoms with Crippen molar-refractivity contribution < 1.29 is 37.9 Å². The zero-order valence-electron chi connectivity index (χ0n) is 34.3. The average molecular weight is 832 g/mol. The van der Waals surface area contributed by atoms with Crippen LogP contribution in [-0.4, -0.2) is 89.6 Å². The Morgan fingerprint density at radius 1 is 0.966 bits per heavy atom. The van der Waals surface area contributed by atoms with Gasteiger partial charge >= 0.3 is 5.69 Å². The summed E-state index contributed by atoms with van der Waals surface area (Å²) in [4.78, 5) is 40.3. The van der Waals surface area contributed by atoms with Gasteiger partial charge in [-0.15, -0.1) is 0 Å². The lowest BCUT2D eigenvalue weighted by Crippen LogP contribution is -2.43. The van der Waals surface area contributed by atoms with E-state index in [9.17, 15) is 24.8 Å². The molecule has 15 nitrogen and oxygen atoms in total. The molecule has 1 aliphatic rings. The zero-order chi connectivity index (χ0) is 42.5. The van der Waals surface area contributed by atoms with Crippen LogP contribution in [0.25, 0.3) is 0 Å². The molecule has 3 unspecified atom stereocenters. The van der Waals surface area contributed by atoms with Gasteiger partial charge < -0.3 is 38.4 Å². The highest BCUT2D eigenvalue weighted by Gasteiger charge is 2.51. The highest BCUT2D eigenvalue weighted by Crippen LogP contribution is 2.51. The molecule has 3 aromatic carbocycles. The third-order valence-corrected chi connectivity index (χ3v) is 12.0. The van der Waals surface area contributed by atoms with Crippen molar-refractivity contribution in [2.75, 3.05) is 34.0 Å². The SMILES string of the molecule is CNC(=O)CCOC1[C@@H](OP(OCCC#N)N(C(C)C)C(C)C)[C@@H](COC(c2ccccc2)(c2ccc(CO)cc2)c2ccc(OC)cc2)O[C@H]1n1ccc(=O)[nH]c1=O. The van der Waals surface area contributed by atoms with Crippen LogP contribution in [0.5, 0.6) is 5.75 Å². The summed E-state index contributed by atoms with van der Waals surface area (Å²) in [6.07, 6.45) is -2.66. The van der Waals surface area contributed by atoms with Crippen LogP contribution in [0.4, 0.5) is 0 Å². The fourth-order valence-electron chi connectivity index (χ4n) is 7.11. The van der Waals surface area contributed by atoms with Crippen molar-refractivity contribution in [1.29, 1.82) is 5.26 Å². The molecule has 316 valence electrons. The van der Waals surface area contributed by atoms with Crippen molar-refractivity contribution >= 4 is 14.4 Å². The highest BCUT2D eigenvalue weighted by molar-refractivity contribution is 7.44. The number of aromatic nitrogens is 2. The van der Waals surface area contributed by atoms with E-state index in [0.717, 1.165) is 16.7 Å². The predicted molar refractivity (Wildman–Crippen MR) is 221 cm³/mol. The van der Waals surface area contributed by atoms with Gasteiger partial charge in [0.15, 0.2) is 6.23 Å². The van der Waals surface area contributed by atoms with Gasteiger partial charge in [-0.2, -0.15) is 5.26 Å². The molecule has 59 heavy (non-hydrogen) atoms. The number of amides is 1. The third kappa shape index (κ3) is 10.9. The lowest BCUT2D eigenvalue weighted by molar-refractivity contribution is -0.124. The molecule has 4 aromatic rings. The first-order chi connectivity index (χ1) is 28.5. The van der Waals surface area contributed by atoms with E-state index in [4.69, 9.17) is 28.0 Å². The van der Waals surface area contributed by atoms with Gasteiger partial charge in [0.05, 0.1) is 46.0 Å². The van der Waals surface area contributed by atoms with Crippen molar-refractivity contribution in [2.45, 2.75) is 89.4 Å². The van der Waals surface area contributed by atoms with Gasteiger partial charge in [0.2, 0.25) is 5.91 Å². The number of benzene rings is 3. The molecule has 1 aliphatic heterocycles. The predicted octanol–water partition coefficient (Wildman–Crippen LogP) is 5.13. The number of aliphatic hydroxyl groups is 1. The largest absolute Gasteiger partial charge is 0.497 e. The summed E-state index contributed by atoms with van der Waals surface area (Å²) < 4.78 is 42.7. The number of aliphatic hydroxyl groups excluding tert-OH is 1. The van der Waals surface area contributed by atoms with Crippen molar-refractivity contribution in [3.05, 3.63) is 134 Å². The Balaban J connectivity index is 1.68. The van der Waals surface area contributed by atoms with Crippen LogP contribution in [0.1, 0.15) is 69.0 Å². The monoisotopic (exact) mass is 831 g/mol. The summed E-state index contributed by atoms with van der Waals surface area (Å²) in [5.41, 5.74) is 0.422. The molecule has 0 aliphatic carbocycles. The Bertz CT molecular complexity index is 2030. The van der Waals surface area contributed by atoms with Crippen LogP contribution in [0, 0.1) is 11.3 Å². The van der Waals surface area contributed by atoms with Crippen LogP contribution in [0.3, 0.4) is 0 Å². The van der Waals surface area contributed by atoms with Gasteiger partial charge in [-0.3, -0.25) is 19.1 Å². The Labute approximate surface area is 345 Å². The molecule has 3 N–H and O–H groups in total. The molecule has 0 bridgehead atoms. The lowest BCUT2D eigenvalue weighted by Gasteiger charge is -2.39. The lowest BCUT2D eigenvalue weighted by atomic mass is 9.79. The molecular formula is C43H54N5O10P. The number of ether oxygens (including phenoxy) is 4. The maximum absolute atomic E-state index is 13.4. The molecule has 5 rings (SSSR count). The average Bonchev–Trinajstić information content (AvgIpc) is 3.57. The number of hydrogen-bond donors (Lipinski definition) is 3. The second-order valence-corrected chi connectivity index (χ2v) is 15.8. The van der Waals surface area contributed by atoms with Crippen LogP contribution in [0.2, 0.25) is 0 Å².